The highest BCUT2D eigenvalue weighted by molar-refractivity contribution is 7.99. The van der Waals surface area contributed by atoms with Gasteiger partial charge in [-0.15, -0.1) is 10.2 Å². The summed E-state index contributed by atoms with van der Waals surface area (Å²) in [5.41, 5.74) is 0.385. The number of carbonyl (C=O) groups excluding carboxylic acids is 1. The molecular weight excluding hydrogens is 303 g/mol. The van der Waals surface area contributed by atoms with Crippen molar-refractivity contribution in [3.63, 3.8) is 0 Å². The molecule has 106 valence electrons. The van der Waals surface area contributed by atoms with Crippen LogP contribution in [0.3, 0.4) is 0 Å². The molecule has 2 rings (SSSR count). The minimum Gasteiger partial charge on any atom is -0.324 e. The smallest absolute Gasteiger partial charge is 0.234 e. The van der Waals surface area contributed by atoms with Gasteiger partial charge in [-0.05, 0) is 25.1 Å². The van der Waals surface area contributed by atoms with Crippen LogP contribution in [0.25, 0.3) is 0 Å². The minimum absolute atomic E-state index is 0.167. The second kappa shape index (κ2) is 6.71. The molecule has 5 nitrogen and oxygen atoms in total. The number of benzene rings is 1. The topological polar surface area (TPSA) is 59.8 Å². The first-order chi connectivity index (χ1) is 9.60. The summed E-state index contributed by atoms with van der Waals surface area (Å²) in [6.07, 6.45) is 1.61. The SMILES string of the molecule is CCn1cnnc1SCC(=O)Nc1ccc(F)cc1Cl. The first-order valence-electron chi connectivity index (χ1n) is 5.85. The quantitative estimate of drug-likeness (QED) is 0.862. The molecule has 0 saturated carbocycles. The standard InChI is InChI=1S/C12H12ClFN4OS/c1-2-18-7-15-17-12(18)20-6-11(19)16-10-4-3-8(14)5-9(10)13/h3-5,7H,2,6H2,1H3,(H,16,19). The number of anilines is 1. The van der Waals surface area contributed by atoms with Crippen molar-refractivity contribution >= 4 is 35.0 Å². The van der Waals surface area contributed by atoms with Gasteiger partial charge in [-0.2, -0.15) is 0 Å². The Kier molecular flexibility index (Phi) is 4.97. The summed E-state index contributed by atoms with van der Waals surface area (Å²) in [6, 6.07) is 3.81. The van der Waals surface area contributed by atoms with E-state index in [-0.39, 0.29) is 16.7 Å². The summed E-state index contributed by atoms with van der Waals surface area (Å²) in [6.45, 7) is 2.70. The van der Waals surface area contributed by atoms with E-state index in [2.05, 4.69) is 15.5 Å². The predicted molar refractivity (Wildman–Crippen MR) is 76.5 cm³/mol. The van der Waals surface area contributed by atoms with Crippen LogP contribution in [0.5, 0.6) is 0 Å². The Hall–Kier alpha value is -1.60. The highest BCUT2D eigenvalue weighted by atomic mass is 35.5. The first-order valence-corrected chi connectivity index (χ1v) is 7.22. The van der Waals surface area contributed by atoms with E-state index in [1.165, 1.54) is 23.9 Å². The van der Waals surface area contributed by atoms with Crippen LogP contribution >= 0.6 is 23.4 Å². The average molecular weight is 315 g/mol. The van der Waals surface area contributed by atoms with Crippen molar-refractivity contribution in [1.29, 1.82) is 0 Å². The highest BCUT2D eigenvalue weighted by Gasteiger charge is 2.10. The molecule has 0 aliphatic rings. The van der Waals surface area contributed by atoms with Gasteiger partial charge in [0, 0.05) is 6.54 Å². The Bertz CT molecular complexity index is 619. The molecule has 1 amide bonds. The van der Waals surface area contributed by atoms with Gasteiger partial charge >= 0.3 is 0 Å². The van der Waals surface area contributed by atoms with Crippen molar-refractivity contribution < 1.29 is 9.18 Å². The van der Waals surface area contributed by atoms with Crippen molar-refractivity contribution in [3.8, 4) is 0 Å². The maximum absolute atomic E-state index is 12.9. The van der Waals surface area contributed by atoms with Gasteiger partial charge < -0.3 is 9.88 Å². The van der Waals surface area contributed by atoms with Crippen LogP contribution in [-0.4, -0.2) is 26.4 Å². The number of nitrogens with zero attached hydrogens (tertiary/aromatic N) is 3. The average Bonchev–Trinajstić information content (AvgIpc) is 2.87. The second-order valence-corrected chi connectivity index (χ2v) is 5.21. The van der Waals surface area contributed by atoms with Gasteiger partial charge in [-0.1, -0.05) is 23.4 Å². The molecule has 0 aliphatic carbocycles. The maximum Gasteiger partial charge on any atom is 0.234 e. The van der Waals surface area contributed by atoms with Crippen LogP contribution in [0.4, 0.5) is 10.1 Å². The Balaban J connectivity index is 1.93. The lowest BCUT2D eigenvalue weighted by molar-refractivity contribution is -0.113. The zero-order chi connectivity index (χ0) is 14.5. The van der Waals surface area contributed by atoms with E-state index in [4.69, 9.17) is 11.6 Å². The fourth-order valence-corrected chi connectivity index (χ4v) is 2.47. The number of thioether (sulfide) groups is 1. The van der Waals surface area contributed by atoms with Crippen molar-refractivity contribution in [1.82, 2.24) is 14.8 Å². The minimum atomic E-state index is -0.446. The van der Waals surface area contributed by atoms with Gasteiger partial charge in [0.2, 0.25) is 5.91 Å². The Morgan fingerprint density at radius 1 is 1.55 bits per heavy atom. The van der Waals surface area contributed by atoms with Crippen LogP contribution in [0.1, 0.15) is 6.92 Å². The molecule has 0 aliphatic heterocycles. The number of hydrogen-bond acceptors (Lipinski definition) is 4. The van der Waals surface area contributed by atoms with E-state index < -0.39 is 5.82 Å². The molecule has 0 atom stereocenters. The first kappa shape index (κ1) is 14.8. The lowest BCUT2D eigenvalue weighted by Crippen LogP contribution is -2.15. The fraction of sp³-hybridized carbons (Fsp3) is 0.250. The molecule has 8 heteroatoms. The molecule has 1 aromatic carbocycles. The number of aromatic nitrogens is 3. The van der Waals surface area contributed by atoms with E-state index in [0.717, 1.165) is 12.6 Å². The number of rotatable bonds is 5. The molecule has 2 aromatic rings. The number of aryl methyl sites for hydroxylation is 1. The molecule has 0 saturated heterocycles. The highest BCUT2D eigenvalue weighted by Crippen LogP contribution is 2.23. The van der Waals surface area contributed by atoms with Crippen LogP contribution < -0.4 is 5.32 Å². The van der Waals surface area contributed by atoms with Crippen molar-refractivity contribution in [2.24, 2.45) is 0 Å². The van der Waals surface area contributed by atoms with Crippen molar-refractivity contribution in [2.45, 2.75) is 18.6 Å². The Labute approximate surface area is 124 Å². The van der Waals surface area contributed by atoms with E-state index in [1.807, 2.05) is 11.5 Å². The molecule has 0 unspecified atom stereocenters. The zero-order valence-electron chi connectivity index (χ0n) is 10.6. The number of hydrogen-bond donors (Lipinski definition) is 1. The summed E-state index contributed by atoms with van der Waals surface area (Å²) in [7, 11) is 0. The number of halogens is 2. The van der Waals surface area contributed by atoms with Crippen molar-refractivity contribution in [2.75, 3.05) is 11.1 Å². The van der Waals surface area contributed by atoms with Gasteiger partial charge in [0.05, 0.1) is 16.5 Å². The Morgan fingerprint density at radius 3 is 3.05 bits per heavy atom. The number of carbonyl (C=O) groups is 1. The lowest BCUT2D eigenvalue weighted by Gasteiger charge is -2.07. The van der Waals surface area contributed by atoms with Gasteiger partial charge in [-0.25, -0.2) is 4.39 Å². The summed E-state index contributed by atoms with van der Waals surface area (Å²) < 4.78 is 14.7. The maximum atomic E-state index is 12.9. The molecule has 0 bridgehead atoms. The molecule has 20 heavy (non-hydrogen) atoms. The molecular formula is C12H12ClFN4OS. The normalized spacial score (nSPS) is 10.6. The van der Waals surface area contributed by atoms with E-state index in [9.17, 15) is 9.18 Å². The van der Waals surface area contributed by atoms with Gasteiger partial charge in [-0.3, -0.25) is 4.79 Å². The fourth-order valence-electron chi connectivity index (χ4n) is 1.48. The molecule has 0 fully saturated rings. The largest absolute Gasteiger partial charge is 0.324 e. The lowest BCUT2D eigenvalue weighted by atomic mass is 10.3. The summed E-state index contributed by atoms with van der Waals surface area (Å²) in [5, 5.41) is 11.2. The molecule has 1 aromatic heterocycles. The van der Waals surface area contributed by atoms with Crippen LogP contribution in [0.15, 0.2) is 29.7 Å². The van der Waals surface area contributed by atoms with Crippen LogP contribution in [0.2, 0.25) is 5.02 Å². The third kappa shape index (κ3) is 3.71. The third-order valence-corrected chi connectivity index (χ3v) is 3.75. The summed E-state index contributed by atoms with van der Waals surface area (Å²) in [4.78, 5) is 11.8. The summed E-state index contributed by atoms with van der Waals surface area (Å²) >= 11 is 7.11. The molecule has 1 heterocycles. The molecule has 0 spiro atoms. The third-order valence-electron chi connectivity index (χ3n) is 2.46. The molecule has 0 radical (unpaired) electrons. The van der Waals surface area contributed by atoms with E-state index in [1.54, 1.807) is 6.33 Å². The number of amides is 1. The monoisotopic (exact) mass is 314 g/mol. The molecule has 1 N–H and O–H groups in total. The number of nitrogens with one attached hydrogen (secondary N) is 1. The van der Waals surface area contributed by atoms with Gasteiger partial charge in [0.1, 0.15) is 12.1 Å². The predicted octanol–water partition coefficient (Wildman–Crippen LogP) is 2.82. The van der Waals surface area contributed by atoms with Gasteiger partial charge in [0.15, 0.2) is 5.16 Å². The van der Waals surface area contributed by atoms with Crippen molar-refractivity contribution in [3.05, 3.63) is 35.4 Å². The van der Waals surface area contributed by atoms with Crippen LogP contribution in [0, 0.1) is 5.82 Å². The zero-order valence-corrected chi connectivity index (χ0v) is 12.2. The Morgan fingerprint density at radius 2 is 2.35 bits per heavy atom. The second-order valence-electron chi connectivity index (χ2n) is 3.86. The van der Waals surface area contributed by atoms with Gasteiger partial charge in [0.25, 0.3) is 0 Å². The van der Waals surface area contributed by atoms with E-state index >= 15 is 0 Å². The summed E-state index contributed by atoms with van der Waals surface area (Å²) in [5.74, 6) is -0.514. The van der Waals surface area contributed by atoms with E-state index in [0.29, 0.717) is 10.8 Å². The van der Waals surface area contributed by atoms with Crippen LogP contribution in [-0.2, 0) is 11.3 Å².